The maximum absolute atomic E-state index is 5.79. The Morgan fingerprint density at radius 1 is 1.30 bits per heavy atom. The third-order valence-electron chi connectivity index (χ3n) is 3.32. The van der Waals surface area contributed by atoms with Gasteiger partial charge < -0.3 is 14.2 Å². The minimum absolute atomic E-state index is 0.158. The van der Waals surface area contributed by atoms with Crippen molar-refractivity contribution in [2.75, 3.05) is 6.54 Å². The van der Waals surface area contributed by atoms with Crippen molar-refractivity contribution in [2.45, 2.75) is 26.3 Å². The van der Waals surface area contributed by atoms with Gasteiger partial charge in [0.15, 0.2) is 11.5 Å². The van der Waals surface area contributed by atoms with Gasteiger partial charge in [0, 0.05) is 18.0 Å². The number of fused-ring (bicyclic) bond motifs is 1. The van der Waals surface area contributed by atoms with Gasteiger partial charge >= 0.3 is 0 Å². The quantitative estimate of drug-likeness (QED) is 0.769. The molecule has 1 unspecified atom stereocenters. The molecule has 0 spiro atoms. The molecule has 4 nitrogen and oxygen atoms in total. The normalized spacial score (nSPS) is 12.9. The highest BCUT2D eigenvalue weighted by Gasteiger charge is 2.17. The Balaban J connectivity index is 1.85. The van der Waals surface area contributed by atoms with E-state index in [4.69, 9.17) is 8.83 Å². The summed E-state index contributed by atoms with van der Waals surface area (Å²) in [5.74, 6) is 1.66. The lowest BCUT2D eigenvalue weighted by atomic mass is 10.1. The van der Waals surface area contributed by atoms with E-state index in [1.807, 2.05) is 31.2 Å². The first-order chi connectivity index (χ1) is 9.76. The number of hydrogen-bond acceptors (Lipinski definition) is 4. The smallest absolute Gasteiger partial charge is 0.197 e. The second-order valence-electron chi connectivity index (χ2n) is 4.88. The van der Waals surface area contributed by atoms with Crippen LogP contribution in [0.25, 0.3) is 11.1 Å². The lowest BCUT2D eigenvalue weighted by Crippen LogP contribution is -2.22. The minimum Gasteiger partial charge on any atom is -0.469 e. The Bertz CT molecular complexity index is 666. The lowest BCUT2D eigenvalue weighted by Gasteiger charge is -2.13. The first kappa shape index (κ1) is 12.9. The number of oxazole rings is 1. The van der Waals surface area contributed by atoms with Crippen molar-refractivity contribution in [3.05, 3.63) is 53.8 Å². The zero-order valence-electron chi connectivity index (χ0n) is 11.7. The van der Waals surface area contributed by atoms with Gasteiger partial charge in [-0.3, -0.25) is 0 Å². The Kier molecular flexibility index (Phi) is 3.56. The van der Waals surface area contributed by atoms with E-state index in [0.29, 0.717) is 6.42 Å². The second kappa shape index (κ2) is 5.51. The fourth-order valence-electron chi connectivity index (χ4n) is 2.38. The lowest BCUT2D eigenvalue weighted by molar-refractivity contribution is 0.455. The molecular formula is C16H18N2O2. The van der Waals surface area contributed by atoms with E-state index in [1.54, 1.807) is 6.26 Å². The first-order valence-corrected chi connectivity index (χ1v) is 6.89. The van der Waals surface area contributed by atoms with Crippen LogP contribution in [0.5, 0.6) is 0 Å². The first-order valence-electron chi connectivity index (χ1n) is 6.89. The monoisotopic (exact) mass is 270 g/mol. The van der Waals surface area contributed by atoms with E-state index in [1.165, 1.54) is 0 Å². The fraction of sp³-hybridized carbons (Fsp3) is 0.312. The zero-order chi connectivity index (χ0) is 13.9. The minimum atomic E-state index is 0.158. The summed E-state index contributed by atoms with van der Waals surface area (Å²) in [6.45, 7) is 4.92. The molecule has 0 aliphatic rings. The summed E-state index contributed by atoms with van der Waals surface area (Å²) in [7, 11) is 0. The van der Waals surface area contributed by atoms with Crippen molar-refractivity contribution < 1.29 is 8.83 Å². The average Bonchev–Trinajstić information content (AvgIpc) is 3.03. The molecule has 3 rings (SSSR count). The number of nitrogens with zero attached hydrogens (tertiary/aromatic N) is 1. The highest BCUT2D eigenvalue weighted by molar-refractivity contribution is 5.72. The molecule has 1 aromatic carbocycles. The fourth-order valence-corrected chi connectivity index (χ4v) is 2.38. The number of benzene rings is 1. The van der Waals surface area contributed by atoms with E-state index < -0.39 is 0 Å². The molecule has 2 heterocycles. The number of nitrogens with one attached hydrogen (secondary N) is 1. The summed E-state index contributed by atoms with van der Waals surface area (Å²) < 4.78 is 11.2. The SMILES string of the molecule is CCNC(Cc1nc2ccccc2o1)c1coc(C)c1. The molecule has 3 aromatic rings. The average molecular weight is 270 g/mol. The summed E-state index contributed by atoms with van der Waals surface area (Å²) in [6, 6.07) is 10.0. The molecule has 0 amide bonds. The molecule has 0 saturated carbocycles. The Morgan fingerprint density at radius 2 is 2.15 bits per heavy atom. The van der Waals surface area contributed by atoms with Gasteiger partial charge in [0.2, 0.25) is 0 Å². The highest BCUT2D eigenvalue weighted by atomic mass is 16.3. The van der Waals surface area contributed by atoms with Gasteiger partial charge in [-0.25, -0.2) is 4.98 Å². The number of hydrogen-bond donors (Lipinski definition) is 1. The van der Waals surface area contributed by atoms with E-state index >= 15 is 0 Å². The highest BCUT2D eigenvalue weighted by Crippen LogP contribution is 2.23. The van der Waals surface area contributed by atoms with Crippen molar-refractivity contribution >= 4 is 11.1 Å². The van der Waals surface area contributed by atoms with E-state index in [2.05, 4.69) is 23.3 Å². The van der Waals surface area contributed by atoms with Crippen LogP contribution in [0.3, 0.4) is 0 Å². The van der Waals surface area contributed by atoms with Crippen molar-refractivity contribution in [1.82, 2.24) is 10.3 Å². The van der Waals surface area contributed by atoms with Crippen LogP contribution in [0.2, 0.25) is 0 Å². The molecule has 20 heavy (non-hydrogen) atoms. The van der Waals surface area contributed by atoms with Crippen LogP contribution in [0.1, 0.15) is 30.2 Å². The van der Waals surface area contributed by atoms with E-state index in [9.17, 15) is 0 Å². The van der Waals surface area contributed by atoms with Gasteiger partial charge in [-0.15, -0.1) is 0 Å². The Labute approximate surface area is 117 Å². The topological polar surface area (TPSA) is 51.2 Å². The van der Waals surface area contributed by atoms with Crippen LogP contribution in [0, 0.1) is 6.92 Å². The molecule has 0 fully saturated rings. The summed E-state index contributed by atoms with van der Waals surface area (Å²) in [5, 5.41) is 3.45. The molecule has 1 N–H and O–H groups in total. The summed E-state index contributed by atoms with van der Waals surface area (Å²) in [5.41, 5.74) is 2.87. The van der Waals surface area contributed by atoms with Crippen molar-refractivity contribution in [3.8, 4) is 0 Å². The second-order valence-corrected chi connectivity index (χ2v) is 4.88. The van der Waals surface area contributed by atoms with Crippen LogP contribution in [0.15, 0.2) is 45.4 Å². The van der Waals surface area contributed by atoms with Crippen molar-refractivity contribution in [3.63, 3.8) is 0 Å². The predicted molar refractivity (Wildman–Crippen MR) is 77.6 cm³/mol. The molecule has 4 heteroatoms. The maximum Gasteiger partial charge on any atom is 0.197 e. The molecule has 1 atom stereocenters. The number of rotatable bonds is 5. The molecule has 0 aliphatic heterocycles. The standard InChI is InChI=1S/C16H18N2O2/c1-3-17-14(12-8-11(2)19-10-12)9-16-18-13-6-4-5-7-15(13)20-16/h4-8,10,14,17H,3,9H2,1-2H3. The number of likely N-dealkylation sites (N-methyl/N-ethyl adjacent to an activating group) is 1. The van der Waals surface area contributed by atoms with Crippen LogP contribution in [-0.2, 0) is 6.42 Å². The third-order valence-corrected chi connectivity index (χ3v) is 3.32. The molecule has 0 bridgehead atoms. The Hall–Kier alpha value is -2.07. The van der Waals surface area contributed by atoms with Crippen LogP contribution in [0.4, 0.5) is 0 Å². The summed E-state index contributed by atoms with van der Waals surface area (Å²) >= 11 is 0. The van der Waals surface area contributed by atoms with Gasteiger partial charge in [-0.1, -0.05) is 19.1 Å². The molecule has 104 valence electrons. The molecule has 0 aliphatic carbocycles. The number of aromatic nitrogens is 1. The van der Waals surface area contributed by atoms with E-state index in [0.717, 1.165) is 34.9 Å². The van der Waals surface area contributed by atoms with Crippen molar-refractivity contribution in [2.24, 2.45) is 0 Å². The molecule has 0 radical (unpaired) electrons. The summed E-state index contributed by atoms with van der Waals surface area (Å²) in [4.78, 5) is 4.53. The Morgan fingerprint density at radius 3 is 2.85 bits per heavy atom. The number of para-hydroxylation sites is 2. The van der Waals surface area contributed by atoms with Crippen molar-refractivity contribution in [1.29, 1.82) is 0 Å². The molecule has 0 saturated heterocycles. The van der Waals surface area contributed by atoms with Crippen LogP contribution >= 0.6 is 0 Å². The third kappa shape index (κ3) is 2.60. The number of furan rings is 1. The van der Waals surface area contributed by atoms with Gasteiger partial charge in [0.25, 0.3) is 0 Å². The van der Waals surface area contributed by atoms with Gasteiger partial charge in [-0.2, -0.15) is 0 Å². The maximum atomic E-state index is 5.79. The van der Waals surface area contributed by atoms with E-state index in [-0.39, 0.29) is 6.04 Å². The molecular weight excluding hydrogens is 252 g/mol. The zero-order valence-corrected chi connectivity index (χ0v) is 11.7. The predicted octanol–water partition coefficient (Wildman–Crippen LogP) is 3.62. The van der Waals surface area contributed by atoms with Crippen LogP contribution < -0.4 is 5.32 Å². The van der Waals surface area contributed by atoms with Crippen LogP contribution in [-0.4, -0.2) is 11.5 Å². The largest absolute Gasteiger partial charge is 0.469 e. The van der Waals surface area contributed by atoms with Gasteiger partial charge in [-0.05, 0) is 31.7 Å². The van der Waals surface area contributed by atoms with Gasteiger partial charge in [0.05, 0.1) is 6.26 Å². The summed E-state index contributed by atoms with van der Waals surface area (Å²) in [6.07, 6.45) is 2.51. The van der Waals surface area contributed by atoms with Gasteiger partial charge in [0.1, 0.15) is 11.3 Å². The number of aryl methyl sites for hydroxylation is 1. The molecule has 2 aromatic heterocycles.